The number of hydrogen-bond donors (Lipinski definition) is 1. The van der Waals surface area contributed by atoms with E-state index in [0.29, 0.717) is 12.1 Å². The van der Waals surface area contributed by atoms with Crippen LogP contribution in [0.4, 0.5) is 0 Å². The van der Waals surface area contributed by atoms with Gasteiger partial charge in [-0.3, -0.25) is 19.5 Å². The third-order valence-electron chi connectivity index (χ3n) is 5.16. The summed E-state index contributed by atoms with van der Waals surface area (Å²) in [6, 6.07) is 3.28. The Morgan fingerprint density at radius 2 is 1.85 bits per heavy atom. The fourth-order valence-corrected chi connectivity index (χ4v) is 3.38. The third kappa shape index (κ3) is 5.47. The minimum absolute atomic E-state index is 0.0319. The lowest BCUT2D eigenvalue weighted by Gasteiger charge is -2.34. The molecule has 0 aromatic carbocycles. The fourth-order valence-electron chi connectivity index (χ4n) is 3.38. The summed E-state index contributed by atoms with van der Waals surface area (Å²) in [5, 5.41) is 2.89. The van der Waals surface area contributed by atoms with Crippen molar-refractivity contribution in [3.05, 3.63) is 29.6 Å². The summed E-state index contributed by atoms with van der Waals surface area (Å²) in [6.07, 6.45) is 1.53. The number of piperazine rings is 1. The van der Waals surface area contributed by atoms with Crippen LogP contribution in [0.25, 0.3) is 0 Å². The largest absolute Gasteiger partial charge is 0.379 e. The molecule has 0 aliphatic carbocycles. The lowest BCUT2D eigenvalue weighted by Crippen LogP contribution is -2.48. The van der Waals surface area contributed by atoms with Gasteiger partial charge in [0, 0.05) is 64.1 Å². The summed E-state index contributed by atoms with van der Waals surface area (Å²) in [4.78, 5) is 35.7. The molecule has 2 fully saturated rings. The number of likely N-dealkylation sites (N-methyl/N-ethyl adjacent to an activating group) is 1. The van der Waals surface area contributed by atoms with Gasteiger partial charge in [-0.2, -0.15) is 0 Å². The molecule has 148 valence electrons. The number of nitrogens with zero attached hydrogens (tertiary/aromatic N) is 4. The summed E-state index contributed by atoms with van der Waals surface area (Å²) in [7, 11) is 0. The maximum atomic E-state index is 12.7. The van der Waals surface area contributed by atoms with E-state index in [4.69, 9.17) is 4.74 Å². The second-order valence-electron chi connectivity index (χ2n) is 6.87. The molecule has 0 bridgehead atoms. The van der Waals surface area contributed by atoms with E-state index in [2.05, 4.69) is 27.0 Å². The number of ether oxygens (including phenoxy) is 1. The molecule has 1 aromatic rings. The molecule has 1 N–H and O–H groups in total. The molecule has 0 radical (unpaired) electrons. The zero-order valence-electron chi connectivity index (χ0n) is 16.0. The van der Waals surface area contributed by atoms with Crippen LogP contribution < -0.4 is 5.32 Å². The molecule has 2 amide bonds. The molecule has 3 heterocycles. The number of aromatic nitrogens is 1. The van der Waals surface area contributed by atoms with Gasteiger partial charge in [-0.1, -0.05) is 6.92 Å². The van der Waals surface area contributed by atoms with Gasteiger partial charge in [-0.05, 0) is 18.7 Å². The minimum Gasteiger partial charge on any atom is -0.379 e. The van der Waals surface area contributed by atoms with Gasteiger partial charge in [0.2, 0.25) is 0 Å². The zero-order chi connectivity index (χ0) is 19.1. The van der Waals surface area contributed by atoms with E-state index in [1.54, 1.807) is 12.1 Å². The number of hydrogen-bond acceptors (Lipinski definition) is 6. The van der Waals surface area contributed by atoms with Crippen LogP contribution in [0, 0.1) is 0 Å². The minimum atomic E-state index is -0.242. The Bertz CT molecular complexity index is 640. The molecule has 0 saturated carbocycles. The second kappa shape index (κ2) is 9.77. The summed E-state index contributed by atoms with van der Waals surface area (Å²) < 4.78 is 5.32. The third-order valence-corrected chi connectivity index (χ3v) is 5.16. The molecule has 0 unspecified atom stereocenters. The summed E-state index contributed by atoms with van der Waals surface area (Å²) in [6.45, 7) is 11.0. The quantitative estimate of drug-likeness (QED) is 0.750. The Labute approximate surface area is 160 Å². The zero-order valence-corrected chi connectivity index (χ0v) is 16.0. The molecule has 2 aliphatic rings. The van der Waals surface area contributed by atoms with E-state index in [-0.39, 0.29) is 17.5 Å². The van der Waals surface area contributed by atoms with Gasteiger partial charge >= 0.3 is 0 Å². The van der Waals surface area contributed by atoms with Gasteiger partial charge in [0.15, 0.2) is 0 Å². The monoisotopic (exact) mass is 375 g/mol. The maximum absolute atomic E-state index is 12.7. The van der Waals surface area contributed by atoms with Gasteiger partial charge in [0.05, 0.1) is 13.2 Å². The topological polar surface area (TPSA) is 78.0 Å². The number of amides is 2. The average molecular weight is 375 g/mol. The van der Waals surface area contributed by atoms with Crippen molar-refractivity contribution >= 4 is 11.8 Å². The van der Waals surface area contributed by atoms with Crippen molar-refractivity contribution in [1.82, 2.24) is 25.0 Å². The summed E-state index contributed by atoms with van der Waals surface area (Å²) in [5.74, 6) is -0.274. The fraction of sp³-hybridized carbons (Fsp3) is 0.632. The molecule has 3 rings (SSSR count). The second-order valence-corrected chi connectivity index (χ2v) is 6.87. The highest BCUT2D eigenvalue weighted by atomic mass is 16.5. The van der Waals surface area contributed by atoms with Crippen LogP contribution in [0.3, 0.4) is 0 Å². The van der Waals surface area contributed by atoms with Gasteiger partial charge in [0.25, 0.3) is 11.8 Å². The van der Waals surface area contributed by atoms with Crippen molar-refractivity contribution in [3.63, 3.8) is 0 Å². The Hall–Kier alpha value is -2.03. The van der Waals surface area contributed by atoms with E-state index in [0.717, 1.165) is 65.6 Å². The molecule has 8 nitrogen and oxygen atoms in total. The van der Waals surface area contributed by atoms with Crippen molar-refractivity contribution in [2.45, 2.75) is 6.92 Å². The Morgan fingerprint density at radius 3 is 2.56 bits per heavy atom. The van der Waals surface area contributed by atoms with Crippen LogP contribution >= 0.6 is 0 Å². The van der Waals surface area contributed by atoms with Crippen molar-refractivity contribution in [1.29, 1.82) is 0 Å². The van der Waals surface area contributed by atoms with Crippen LogP contribution in [0.2, 0.25) is 0 Å². The van der Waals surface area contributed by atoms with Gasteiger partial charge in [-0.15, -0.1) is 0 Å². The first-order chi connectivity index (χ1) is 13.2. The normalized spacial score (nSPS) is 19.1. The predicted molar refractivity (Wildman–Crippen MR) is 102 cm³/mol. The van der Waals surface area contributed by atoms with Crippen LogP contribution in [0.5, 0.6) is 0 Å². The van der Waals surface area contributed by atoms with Gasteiger partial charge < -0.3 is 19.9 Å². The predicted octanol–water partition coefficient (Wildman–Crippen LogP) is -0.0787. The molecule has 2 saturated heterocycles. The Balaban J connectivity index is 1.51. The van der Waals surface area contributed by atoms with Gasteiger partial charge in [-0.25, -0.2) is 0 Å². The van der Waals surface area contributed by atoms with Crippen molar-refractivity contribution in [2.75, 3.05) is 72.1 Å². The Morgan fingerprint density at radius 1 is 1.11 bits per heavy atom. The van der Waals surface area contributed by atoms with Gasteiger partial charge in [0.1, 0.15) is 5.69 Å². The van der Waals surface area contributed by atoms with Crippen molar-refractivity contribution < 1.29 is 14.3 Å². The average Bonchev–Trinajstić information content (AvgIpc) is 2.74. The molecule has 0 spiro atoms. The van der Waals surface area contributed by atoms with Crippen LogP contribution in [0.15, 0.2) is 18.3 Å². The molecule has 8 heteroatoms. The number of morpholine rings is 1. The summed E-state index contributed by atoms with van der Waals surface area (Å²) in [5.41, 5.74) is 0.809. The van der Waals surface area contributed by atoms with E-state index < -0.39 is 0 Å². The smallest absolute Gasteiger partial charge is 0.269 e. The lowest BCUT2D eigenvalue weighted by molar-refractivity contribution is 0.0383. The highest BCUT2D eigenvalue weighted by molar-refractivity contribution is 5.98. The molecular weight excluding hydrogens is 346 g/mol. The number of rotatable bonds is 6. The number of pyridine rings is 1. The maximum Gasteiger partial charge on any atom is 0.269 e. The lowest BCUT2D eigenvalue weighted by atomic mass is 10.1. The molecule has 0 atom stereocenters. The van der Waals surface area contributed by atoms with E-state index >= 15 is 0 Å². The molecular formula is C19H29N5O3. The first-order valence-electron chi connectivity index (χ1n) is 9.73. The molecule has 27 heavy (non-hydrogen) atoms. The van der Waals surface area contributed by atoms with E-state index in [1.807, 2.05) is 4.90 Å². The Kier molecular flexibility index (Phi) is 7.14. The number of nitrogens with one attached hydrogen (secondary N) is 1. The summed E-state index contributed by atoms with van der Waals surface area (Å²) >= 11 is 0. The van der Waals surface area contributed by atoms with Crippen LogP contribution in [0.1, 0.15) is 27.8 Å². The molecule has 2 aliphatic heterocycles. The van der Waals surface area contributed by atoms with Crippen LogP contribution in [-0.2, 0) is 4.74 Å². The van der Waals surface area contributed by atoms with E-state index in [1.165, 1.54) is 6.20 Å². The number of carbonyl (C=O) groups is 2. The first-order valence-corrected chi connectivity index (χ1v) is 9.73. The SMILES string of the molecule is CCN1CCN(C(=O)c2ccnc(C(=O)NCCN3CCOCC3)c2)CC1. The number of carbonyl (C=O) groups excluding carboxylic acids is 2. The standard InChI is InChI=1S/C19H29N5O3/c1-2-22-7-9-24(10-8-22)19(26)16-3-4-20-17(15-16)18(25)21-5-6-23-11-13-27-14-12-23/h3-4,15H,2,5-14H2,1H3,(H,21,25). The van der Waals surface area contributed by atoms with E-state index in [9.17, 15) is 9.59 Å². The van der Waals surface area contributed by atoms with Crippen LogP contribution in [-0.4, -0.2) is 104 Å². The first kappa shape index (κ1) is 19.7. The highest BCUT2D eigenvalue weighted by Gasteiger charge is 2.22. The molecule has 1 aromatic heterocycles. The highest BCUT2D eigenvalue weighted by Crippen LogP contribution is 2.10. The van der Waals surface area contributed by atoms with Crippen molar-refractivity contribution in [3.8, 4) is 0 Å². The van der Waals surface area contributed by atoms with Crippen molar-refractivity contribution in [2.24, 2.45) is 0 Å².